The summed E-state index contributed by atoms with van der Waals surface area (Å²) in [6.07, 6.45) is 2.36. The van der Waals surface area contributed by atoms with Crippen LogP contribution in [0.25, 0.3) is 5.57 Å². The summed E-state index contributed by atoms with van der Waals surface area (Å²) in [4.78, 5) is 40.4. The maximum absolute atomic E-state index is 13.1. The van der Waals surface area contributed by atoms with E-state index in [1.165, 1.54) is 0 Å². The number of allylic oxidation sites excluding steroid dienone is 1. The molecule has 1 N–H and O–H groups in total. The van der Waals surface area contributed by atoms with Gasteiger partial charge in [0.15, 0.2) is 11.6 Å². The molecule has 2 heterocycles. The third-order valence-corrected chi connectivity index (χ3v) is 5.22. The summed E-state index contributed by atoms with van der Waals surface area (Å²) >= 11 is 0. The van der Waals surface area contributed by atoms with Crippen LogP contribution < -0.4 is 0 Å². The van der Waals surface area contributed by atoms with Crippen molar-refractivity contribution in [2.45, 2.75) is 46.6 Å². The number of nitrogens with zero attached hydrogens (tertiary/aromatic N) is 3. The Kier molecular flexibility index (Phi) is 4.49. The van der Waals surface area contributed by atoms with Crippen LogP contribution in [0.15, 0.2) is 10.6 Å². The van der Waals surface area contributed by atoms with E-state index in [-0.39, 0.29) is 11.6 Å². The highest BCUT2D eigenvalue weighted by atomic mass is 16.1. The first-order valence-corrected chi connectivity index (χ1v) is 8.97. The first-order valence-electron chi connectivity index (χ1n) is 8.97. The van der Waals surface area contributed by atoms with Gasteiger partial charge in [-0.2, -0.15) is 0 Å². The van der Waals surface area contributed by atoms with Gasteiger partial charge in [-0.25, -0.2) is 4.98 Å². The number of Topliss-reactive ketones (excluding diaryl/α,β-unsaturated/α-hetero) is 2. The van der Waals surface area contributed by atoms with Gasteiger partial charge in [-0.1, -0.05) is 13.8 Å². The number of carbonyl (C=O) groups excluding carboxylic acids is 2. The van der Waals surface area contributed by atoms with Gasteiger partial charge in [0.05, 0.1) is 5.92 Å². The van der Waals surface area contributed by atoms with E-state index in [0.29, 0.717) is 34.8 Å². The molecule has 0 aromatic carbocycles. The van der Waals surface area contributed by atoms with Gasteiger partial charge in [-0.05, 0) is 46.8 Å². The van der Waals surface area contributed by atoms with Gasteiger partial charge in [-0.15, -0.1) is 0 Å². The van der Waals surface area contributed by atoms with Crippen LogP contribution in [0.3, 0.4) is 0 Å². The first-order chi connectivity index (χ1) is 11.8. The molecule has 0 radical (unpaired) electrons. The fraction of sp³-hybridized carbons (Fsp3) is 0.579. The van der Waals surface area contributed by atoms with Gasteiger partial charge < -0.3 is 9.88 Å². The van der Waals surface area contributed by atoms with Crippen LogP contribution in [0.2, 0.25) is 0 Å². The maximum atomic E-state index is 13.1. The number of dihydropyridines is 1. The van der Waals surface area contributed by atoms with Crippen LogP contribution >= 0.6 is 0 Å². The third-order valence-electron chi connectivity index (χ3n) is 5.22. The predicted octanol–water partition coefficient (Wildman–Crippen LogP) is 2.45. The zero-order valence-corrected chi connectivity index (χ0v) is 15.6. The highest BCUT2D eigenvalue weighted by Gasteiger charge is 2.45. The number of carbonyl (C=O) groups is 2. The van der Waals surface area contributed by atoms with E-state index < -0.39 is 11.5 Å². The Labute approximate surface area is 148 Å². The summed E-state index contributed by atoms with van der Waals surface area (Å²) in [5.41, 5.74) is 1.57. The van der Waals surface area contributed by atoms with Crippen LogP contribution in [-0.2, 0) is 4.79 Å². The Morgan fingerprint density at radius 2 is 1.92 bits per heavy atom. The monoisotopic (exact) mass is 342 g/mol. The van der Waals surface area contributed by atoms with Gasteiger partial charge in [-0.3, -0.25) is 14.6 Å². The molecule has 3 rings (SSSR count). The molecule has 0 amide bonds. The van der Waals surface area contributed by atoms with Crippen LogP contribution in [0.5, 0.6) is 0 Å². The molecule has 0 spiro atoms. The Morgan fingerprint density at radius 3 is 2.56 bits per heavy atom. The summed E-state index contributed by atoms with van der Waals surface area (Å²) in [7, 11) is 0. The highest BCUT2D eigenvalue weighted by Crippen LogP contribution is 2.40. The molecular weight excluding hydrogens is 316 g/mol. The van der Waals surface area contributed by atoms with Crippen LogP contribution in [0.4, 0.5) is 0 Å². The second kappa shape index (κ2) is 6.33. The number of aromatic nitrogens is 2. The third kappa shape index (κ3) is 2.88. The van der Waals surface area contributed by atoms with Crippen molar-refractivity contribution in [3.63, 3.8) is 0 Å². The minimum atomic E-state index is -0.824. The van der Waals surface area contributed by atoms with Crippen molar-refractivity contribution in [2.24, 2.45) is 10.9 Å². The lowest BCUT2D eigenvalue weighted by Crippen LogP contribution is -2.41. The largest absolute Gasteiger partial charge is 0.339 e. The average Bonchev–Trinajstić information content (AvgIpc) is 2.96. The van der Waals surface area contributed by atoms with Crippen LogP contribution in [0.1, 0.15) is 56.1 Å². The maximum Gasteiger partial charge on any atom is 0.188 e. The Bertz CT molecular complexity index is 781. The highest BCUT2D eigenvalue weighted by molar-refractivity contribution is 6.30. The SMILES string of the molecule is CCN(CC)CCC1C(=O)c2[nH]c(C)nc2C2=C1C(=O)C(C)(C)N=C2. The van der Waals surface area contributed by atoms with Gasteiger partial charge >= 0.3 is 0 Å². The number of ketones is 2. The van der Waals surface area contributed by atoms with E-state index >= 15 is 0 Å². The molecule has 1 aromatic heterocycles. The molecule has 0 saturated carbocycles. The van der Waals surface area contributed by atoms with Gasteiger partial charge in [0, 0.05) is 17.4 Å². The van der Waals surface area contributed by atoms with Gasteiger partial charge in [0.2, 0.25) is 0 Å². The Morgan fingerprint density at radius 1 is 1.24 bits per heavy atom. The Balaban J connectivity index is 2.06. The van der Waals surface area contributed by atoms with E-state index in [1.807, 2.05) is 6.92 Å². The number of hydrogen-bond acceptors (Lipinski definition) is 5. The zero-order chi connectivity index (χ0) is 18.4. The van der Waals surface area contributed by atoms with Gasteiger partial charge in [0.1, 0.15) is 22.8 Å². The zero-order valence-electron chi connectivity index (χ0n) is 15.6. The Hall–Kier alpha value is -2.08. The number of hydrogen-bond donors (Lipinski definition) is 1. The molecule has 6 nitrogen and oxygen atoms in total. The number of fused-ring (bicyclic) bond motifs is 2. The van der Waals surface area contributed by atoms with Crippen LogP contribution in [0, 0.1) is 12.8 Å². The fourth-order valence-electron chi connectivity index (χ4n) is 3.64. The van der Waals surface area contributed by atoms with Crippen molar-refractivity contribution >= 4 is 23.4 Å². The van der Waals surface area contributed by atoms with Crippen molar-refractivity contribution < 1.29 is 9.59 Å². The first kappa shape index (κ1) is 17.7. The molecule has 1 atom stereocenters. The molecule has 25 heavy (non-hydrogen) atoms. The lowest BCUT2D eigenvalue weighted by molar-refractivity contribution is -0.119. The molecular formula is C19H26N4O2. The minimum Gasteiger partial charge on any atom is -0.339 e. The predicted molar refractivity (Wildman–Crippen MR) is 98.0 cm³/mol. The van der Waals surface area contributed by atoms with Crippen molar-refractivity contribution in [1.82, 2.24) is 14.9 Å². The van der Waals surface area contributed by atoms with E-state index in [1.54, 1.807) is 20.1 Å². The van der Waals surface area contributed by atoms with E-state index in [0.717, 1.165) is 19.6 Å². The number of imidazole rings is 1. The molecule has 134 valence electrons. The van der Waals surface area contributed by atoms with Crippen molar-refractivity contribution in [2.75, 3.05) is 19.6 Å². The van der Waals surface area contributed by atoms with E-state index in [9.17, 15) is 9.59 Å². The lowest BCUT2D eigenvalue weighted by atomic mass is 9.73. The van der Waals surface area contributed by atoms with Crippen molar-refractivity contribution in [3.05, 3.63) is 22.8 Å². The van der Waals surface area contributed by atoms with E-state index in [2.05, 4.69) is 33.7 Å². The fourth-order valence-corrected chi connectivity index (χ4v) is 3.64. The summed E-state index contributed by atoms with van der Waals surface area (Å²) in [6.45, 7) is 12.3. The van der Waals surface area contributed by atoms with E-state index in [4.69, 9.17) is 0 Å². The summed E-state index contributed by atoms with van der Waals surface area (Å²) in [5, 5.41) is 0. The quantitative estimate of drug-likeness (QED) is 0.891. The summed E-state index contributed by atoms with van der Waals surface area (Å²) < 4.78 is 0. The topological polar surface area (TPSA) is 78.4 Å². The second-order valence-corrected chi connectivity index (χ2v) is 7.25. The van der Waals surface area contributed by atoms with Crippen LogP contribution in [-0.4, -0.2) is 57.8 Å². The number of nitrogens with one attached hydrogen (secondary N) is 1. The molecule has 1 aromatic rings. The number of rotatable bonds is 5. The van der Waals surface area contributed by atoms with Gasteiger partial charge in [0.25, 0.3) is 0 Å². The number of aliphatic imine (C=N–C) groups is 1. The molecule has 2 aliphatic rings. The summed E-state index contributed by atoms with van der Waals surface area (Å²) in [6, 6.07) is 0. The molecule has 0 bridgehead atoms. The molecule has 1 aliphatic carbocycles. The molecule has 1 unspecified atom stereocenters. The lowest BCUT2D eigenvalue weighted by Gasteiger charge is -2.33. The van der Waals surface area contributed by atoms with Crippen molar-refractivity contribution in [1.29, 1.82) is 0 Å². The minimum absolute atomic E-state index is 0.0269. The molecule has 1 aliphatic heterocycles. The normalized spacial score (nSPS) is 21.8. The molecule has 0 saturated heterocycles. The molecule has 6 heteroatoms. The van der Waals surface area contributed by atoms with Crippen molar-refractivity contribution in [3.8, 4) is 0 Å². The number of H-pyrrole nitrogens is 1. The second-order valence-electron chi connectivity index (χ2n) is 7.25. The number of aromatic amines is 1. The summed E-state index contributed by atoms with van der Waals surface area (Å²) in [5.74, 6) is 0.164. The molecule has 0 fully saturated rings. The average molecular weight is 342 g/mol. The standard InChI is InChI=1S/C19H26N4O2/c1-6-23(7-2)9-8-12-14-13(10-20-19(4,5)18(14)25)15-16(17(12)24)22-11(3)21-15/h10,12H,6-9H2,1-5H3,(H,21,22). The smallest absolute Gasteiger partial charge is 0.188 e. The number of aryl methyl sites for hydroxylation is 1.